The van der Waals surface area contributed by atoms with Crippen molar-refractivity contribution in [2.24, 2.45) is 0 Å². The van der Waals surface area contributed by atoms with Gasteiger partial charge in [-0.05, 0) is 38.3 Å². The molecule has 3 nitrogen and oxygen atoms in total. The average molecular weight is 291 g/mol. The maximum absolute atomic E-state index is 11.0. The van der Waals surface area contributed by atoms with Crippen LogP contribution in [0.25, 0.3) is 0 Å². The van der Waals surface area contributed by atoms with Crippen LogP contribution in [0.3, 0.4) is 0 Å². The minimum Gasteiger partial charge on any atom is -0.468 e. The van der Waals surface area contributed by atoms with Crippen LogP contribution in [0.1, 0.15) is 40.5 Å². The summed E-state index contributed by atoms with van der Waals surface area (Å²) < 4.78 is 4.58. The van der Waals surface area contributed by atoms with E-state index < -0.39 is 0 Å². The third-order valence-corrected chi connectivity index (χ3v) is 3.03. The van der Waals surface area contributed by atoms with Crippen LogP contribution in [0.4, 0.5) is 0 Å². The van der Waals surface area contributed by atoms with Crippen LogP contribution >= 0.6 is 0 Å². The van der Waals surface area contributed by atoms with Gasteiger partial charge in [-0.2, -0.15) is 0 Å². The zero-order chi connectivity index (χ0) is 16.1. The number of ether oxygens (including phenoxy) is 1. The molecule has 0 aliphatic rings. The van der Waals surface area contributed by atoms with Gasteiger partial charge >= 0.3 is 5.97 Å². The van der Waals surface area contributed by atoms with Crippen LogP contribution < -0.4 is 5.32 Å². The molecule has 21 heavy (non-hydrogen) atoms. The lowest BCUT2D eigenvalue weighted by Gasteiger charge is -2.06. The first-order valence-electron chi connectivity index (χ1n) is 7.48. The number of carbonyl (C=O) groups is 1. The molecule has 0 amide bonds. The van der Waals surface area contributed by atoms with Crippen LogP contribution in [-0.2, 0) is 9.53 Å². The van der Waals surface area contributed by atoms with Gasteiger partial charge in [-0.1, -0.05) is 49.3 Å². The number of allylic oxidation sites excluding steroid dienone is 7. The second-order valence-electron chi connectivity index (χ2n) is 5.01. The van der Waals surface area contributed by atoms with Gasteiger partial charge in [0.15, 0.2) is 0 Å². The third-order valence-electron chi connectivity index (χ3n) is 3.03. The minimum absolute atomic E-state index is 0.241. The maximum Gasteiger partial charge on any atom is 0.319 e. The van der Waals surface area contributed by atoms with Crippen molar-refractivity contribution in [2.45, 2.75) is 40.5 Å². The Kier molecular flexibility index (Phi) is 11.2. The van der Waals surface area contributed by atoms with E-state index in [0.29, 0.717) is 6.54 Å². The number of carbonyl (C=O) groups excluding carboxylic acids is 1. The van der Waals surface area contributed by atoms with E-state index in [-0.39, 0.29) is 12.5 Å². The zero-order valence-corrected chi connectivity index (χ0v) is 14.0. The summed E-state index contributed by atoms with van der Waals surface area (Å²) in [6, 6.07) is 0. The standard InChI is InChI=1S/C18H29NO2/c1-6-8-10-16(4)17(9-7-2)12-11-15(3)13-19-14-18(20)21-5/h6,8,10-12,19H,7,9,13-14H2,1-5H3/b8-6-,15-11+,16-10+,17-12+. The van der Waals surface area contributed by atoms with E-state index in [1.54, 1.807) is 0 Å². The Hall–Kier alpha value is -1.61. The number of rotatable bonds is 9. The normalized spacial score (nSPS) is 13.9. The summed E-state index contributed by atoms with van der Waals surface area (Å²) >= 11 is 0. The van der Waals surface area contributed by atoms with Gasteiger partial charge in [0.05, 0.1) is 13.7 Å². The SMILES string of the molecule is C\C=C/C=C(C)/C(=C/C=C(\C)CNCC(=O)OC)CCC. The first-order valence-corrected chi connectivity index (χ1v) is 7.48. The molecule has 0 saturated carbocycles. The lowest BCUT2D eigenvalue weighted by molar-refractivity contribution is -0.139. The van der Waals surface area contributed by atoms with Crippen molar-refractivity contribution < 1.29 is 9.53 Å². The van der Waals surface area contributed by atoms with Crippen molar-refractivity contribution in [2.75, 3.05) is 20.2 Å². The first-order chi connectivity index (χ1) is 10.0. The quantitative estimate of drug-likeness (QED) is 0.516. The Balaban J connectivity index is 4.65. The topological polar surface area (TPSA) is 38.3 Å². The summed E-state index contributed by atoms with van der Waals surface area (Å²) in [6.45, 7) is 9.32. The molecule has 1 N–H and O–H groups in total. The van der Waals surface area contributed by atoms with E-state index in [2.05, 4.69) is 55.1 Å². The largest absolute Gasteiger partial charge is 0.468 e. The fourth-order valence-electron chi connectivity index (χ4n) is 1.76. The highest BCUT2D eigenvalue weighted by Gasteiger charge is 1.99. The molecule has 0 aliphatic heterocycles. The molecule has 0 rings (SSSR count). The van der Waals surface area contributed by atoms with Crippen molar-refractivity contribution >= 4 is 5.97 Å². The Labute approximate surface area is 129 Å². The molecule has 0 aromatic rings. The van der Waals surface area contributed by atoms with E-state index in [9.17, 15) is 4.79 Å². The predicted molar refractivity (Wildman–Crippen MR) is 90.2 cm³/mol. The van der Waals surface area contributed by atoms with Gasteiger partial charge in [-0.3, -0.25) is 4.79 Å². The van der Waals surface area contributed by atoms with Gasteiger partial charge in [-0.25, -0.2) is 0 Å². The third kappa shape index (κ3) is 9.85. The lowest BCUT2D eigenvalue weighted by atomic mass is 10.0. The smallest absolute Gasteiger partial charge is 0.319 e. The first kappa shape index (κ1) is 19.4. The molecule has 0 saturated heterocycles. The Bertz CT molecular complexity index is 428. The van der Waals surface area contributed by atoms with Gasteiger partial charge in [0.1, 0.15) is 0 Å². The molecule has 0 bridgehead atoms. The highest BCUT2D eigenvalue weighted by Crippen LogP contribution is 2.16. The molecule has 0 spiro atoms. The minimum atomic E-state index is -0.241. The highest BCUT2D eigenvalue weighted by atomic mass is 16.5. The molecule has 118 valence electrons. The molecule has 0 aromatic heterocycles. The summed E-state index contributed by atoms with van der Waals surface area (Å²) in [5.41, 5.74) is 3.83. The molecule has 0 aromatic carbocycles. The number of hydrogen-bond donors (Lipinski definition) is 1. The van der Waals surface area contributed by atoms with Gasteiger partial charge in [0.25, 0.3) is 0 Å². The van der Waals surface area contributed by atoms with Gasteiger partial charge in [0.2, 0.25) is 0 Å². The van der Waals surface area contributed by atoms with E-state index in [1.807, 2.05) is 13.0 Å². The van der Waals surface area contributed by atoms with E-state index >= 15 is 0 Å². The van der Waals surface area contributed by atoms with Gasteiger partial charge in [0, 0.05) is 6.54 Å². The van der Waals surface area contributed by atoms with E-state index in [0.717, 1.165) is 12.8 Å². The van der Waals surface area contributed by atoms with Crippen molar-refractivity contribution in [1.82, 2.24) is 5.32 Å². The van der Waals surface area contributed by atoms with Crippen LogP contribution in [-0.4, -0.2) is 26.2 Å². The maximum atomic E-state index is 11.0. The number of esters is 1. The number of hydrogen-bond acceptors (Lipinski definition) is 3. The van der Waals surface area contributed by atoms with E-state index in [1.165, 1.54) is 23.8 Å². The highest BCUT2D eigenvalue weighted by molar-refractivity contribution is 5.71. The molecular formula is C18H29NO2. The molecule has 0 atom stereocenters. The molecule has 0 aliphatic carbocycles. The van der Waals surface area contributed by atoms with Crippen LogP contribution in [0.15, 0.2) is 47.1 Å². The molecule has 0 radical (unpaired) electrons. The van der Waals surface area contributed by atoms with Gasteiger partial charge in [-0.15, -0.1) is 0 Å². The van der Waals surface area contributed by atoms with Crippen LogP contribution in [0, 0.1) is 0 Å². The van der Waals surface area contributed by atoms with Crippen LogP contribution in [0.5, 0.6) is 0 Å². The van der Waals surface area contributed by atoms with Crippen molar-refractivity contribution in [3.05, 3.63) is 47.1 Å². The summed E-state index contributed by atoms with van der Waals surface area (Å²) in [4.78, 5) is 11.0. The lowest BCUT2D eigenvalue weighted by Crippen LogP contribution is -2.25. The summed E-state index contributed by atoms with van der Waals surface area (Å²) in [6.07, 6.45) is 12.7. The number of nitrogens with one attached hydrogen (secondary N) is 1. The second-order valence-corrected chi connectivity index (χ2v) is 5.01. The molecule has 0 fully saturated rings. The van der Waals surface area contributed by atoms with Crippen molar-refractivity contribution in [3.8, 4) is 0 Å². The summed E-state index contributed by atoms with van der Waals surface area (Å²) in [7, 11) is 1.40. The Morgan fingerprint density at radius 1 is 1.14 bits per heavy atom. The Morgan fingerprint density at radius 3 is 2.43 bits per heavy atom. The fourth-order valence-corrected chi connectivity index (χ4v) is 1.76. The summed E-state index contributed by atoms with van der Waals surface area (Å²) in [5, 5.41) is 3.06. The monoisotopic (exact) mass is 291 g/mol. The fraction of sp³-hybridized carbons (Fsp3) is 0.500. The zero-order valence-electron chi connectivity index (χ0n) is 14.0. The number of methoxy groups -OCH3 is 1. The molecule has 3 heteroatoms. The molecule has 0 heterocycles. The molecular weight excluding hydrogens is 262 g/mol. The van der Waals surface area contributed by atoms with Crippen molar-refractivity contribution in [1.29, 1.82) is 0 Å². The predicted octanol–water partition coefficient (Wildman–Crippen LogP) is 3.94. The van der Waals surface area contributed by atoms with Crippen LogP contribution in [0.2, 0.25) is 0 Å². The van der Waals surface area contributed by atoms with Gasteiger partial charge < -0.3 is 10.1 Å². The molecule has 0 unspecified atom stereocenters. The Morgan fingerprint density at radius 2 is 1.86 bits per heavy atom. The van der Waals surface area contributed by atoms with E-state index in [4.69, 9.17) is 0 Å². The summed E-state index contributed by atoms with van der Waals surface area (Å²) in [5.74, 6) is -0.241. The average Bonchev–Trinajstić information content (AvgIpc) is 2.48. The second kappa shape index (κ2) is 12.2. The van der Waals surface area contributed by atoms with Crippen molar-refractivity contribution in [3.63, 3.8) is 0 Å².